The van der Waals surface area contributed by atoms with Crippen molar-refractivity contribution >= 4 is 17.3 Å². The average molecular weight is 318 g/mol. The Labute approximate surface area is 134 Å². The first-order valence-corrected chi connectivity index (χ1v) is 7.55. The van der Waals surface area contributed by atoms with Crippen LogP contribution in [0.15, 0.2) is 42.5 Å². The maximum Gasteiger partial charge on any atom is 0.226 e. The van der Waals surface area contributed by atoms with Crippen LogP contribution < -0.4 is 10.6 Å². The van der Waals surface area contributed by atoms with Crippen LogP contribution in [-0.2, 0) is 4.79 Å². The van der Waals surface area contributed by atoms with Crippen molar-refractivity contribution in [2.45, 2.75) is 26.2 Å². The Bertz CT molecular complexity index is 649. The molecule has 0 saturated heterocycles. The van der Waals surface area contributed by atoms with E-state index in [-0.39, 0.29) is 24.6 Å². The highest BCUT2D eigenvalue weighted by molar-refractivity contribution is 5.91. The minimum atomic E-state index is -0.672. The Balaban J connectivity index is 1.83. The lowest BCUT2D eigenvalue weighted by Gasteiger charge is -2.10. The van der Waals surface area contributed by atoms with Crippen LogP contribution in [-0.4, -0.2) is 12.5 Å². The van der Waals surface area contributed by atoms with E-state index in [1.807, 2.05) is 24.3 Å². The molecule has 0 atom stereocenters. The van der Waals surface area contributed by atoms with Crippen molar-refractivity contribution in [2.24, 2.45) is 0 Å². The number of hydrogen-bond donors (Lipinski definition) is 2. The first-order valence-electron chi connectivity index (χ1n) is 7.55. The third-order valence-electron chi connectivity index (χ3n) is 3.48. The lowest BCUT2D eigenvalue weighted by atomic mass is 10.0. The summed E-state index contributed by atoms with van der Waals surface area (Å²) in [7, 11) is 0. The first kappa shape index (κ1) is 16.9. The molecule has 2 rings (SSSR count). The summed E-state index contributed by atoms with van der Waals surface area (Å²) in [5.41, 5.74) is 1.69. The molecule has 2 N–H and O–H groups in total. The fourth-order valence-corrected chi connectivity index (χ4v) is 2.14. The standard InChI is InChI=1S/C18H20F2N2O/c1-12(2)13-6-8-14(9-7-13)22-17(23)10-11-21-18-15(19)4-3-5-16(18)20/h3-9,12,21H,10-11H2,1-2H3,(H,22,23). The molecule has 0 fully saturated rings. The number of hydrogen-bond acceptors (Lipinski definition) is 2. The molecule has 0 bridgehead atoms. The van der Waals surface area contributed by atoms with Gasteiger partial charge in [-0.15, -0.1) is 0 Å². The average Bonchev–Trinajstić information content (AvgIpc) is 2.51. The van der Waals surface area contributed by atoms with Crippen LogP contribution >= 0.6 is 0 Å². The SMILES string of the molecule is CC(C)c1ccc(NC(=O)CCNc2c(F)cccc2F)cc1. The molecule has 122 valence electrons. The predicted molar refractivity (Wildman–Crippen MR) is 88.6 cm³/mol. The van der Waals surface area contributed by atoms with E-state index in [9.17, 15) is 13.6 Å². The normalized spacial score (nSPS) is 10.7. The maximum atomic E-state index is 13.4. The smallest absolute Gasteiger partial charge is 0.226 e. The Kier molecular flexibility index (Phi) is 5.68. The molecule has 0 radical (unpaired) electrons. The van der Waals surface area contributed by atoms with E-state index in [1.165, 1.54) is 23.8 Å². The van der Waals surface area contributed by atoms with Crippen molar-refractivity contribution in [1.82, 2.24) is 0 Å². The van der Waals surface area contributed by atoms with E-state index >= 15 is 0 Å². The highest BCUT2D eigenvalue weighted by Gasteiger charge is 2.09. The van der Waals surface area contributed by atoms with Crippen LogP contribution in [0.2, 0.25) is 0 Å². The predicted octanol–water partition coefficient (Wildman–Crippen LogP) is 4.53. The number of amides is 1. The van der Waals surface area contributed by atoms with Gasteiger partial charge in [-0.2, -0.15) is 0 Å². The topological polar surface area (TPSA) is 41.1 Å². The van der Waals surface area contributed by atoms with E-state index in [0.29, 0.717) is 11.6 Å². The van der Waals surface area contributed by atoms with E-state index in [1.54, 1.807) is 0 Å². The second-order valence-corrected chi connectivity index (χ2v) is 5.60. The van der Waals surface area contributed by atoms with Crippen LogP contribution in [0.3, 0.4) is 0 Å². The minimum Gasteiger partial charge on any atom is -0.380 e. The molecule has 1 amide bonds. The molecule has 2 aromatic rings. The van der Waals surface area contributed by atoms with Gasteiger partial charge in [0.25, 0.3) is 0 Å². The molecule has 0 heterocycles. The Morgan fingerprint density at radius 1 is 1.04 bits per heavy atom. The van der Waals surface area contributed by atoms with Gasteiger partial charge in [-0.3, -0.25) is 4.79 Å². The number of carbonyl (C=O) groups is 1. The monoisotopic (exact) mass is 318 g/mol. The molecule has 0 aliphatic rings. The third-order valence-corrected chi connectivity index (χ3v) is 3.48. The molecular weight excluding hydrogens is 298 g/mol. The van der Waals surface area contributed by atoms with Gasteiger partial charge in [-0.1, -0.05) is 32.0 Å². The number of para-hydroxylation sites is 1. The lowest BCUT2D eigenvalue weighted by Crippen LogP contribution is -2.17. The summed E-state index contributed by atoms with van der Waals surface area (Å²) in [6.45, 7) is 4.34. The fourth-order valence-electron chi connectivity index (χ4n) is 2.14. The summed E-state index contributed by atoms with van der Waals surface area (Å²) < 4.78 is 26.8. The quantitative estimate of drug-likeness (QED) is 0.821. The lowest BCUT2D eigenvalue weighted by molar-refractivity contribution is -0.115. The molecule has 0 aliphatic heterocycles. The van der Waals surface area contributed by atoms with Crippen molar-refractivity contribution in [3.63, 3.8) is 0 Å². The second-order valence-electron chi connectivity index (χ2n) is 5.60. The fraction of sp³-hybridized carbons (Fsp3) is 0.278. The summed E-state index contributed by atoms with van der Waals surface area (Å²) >= 11 is 0. The van der Waals surface area contributed by atoms with Crippen LogP contribution in [0.1, 0.15) is 31.7 Å². The van der Waals surface area contributed by atoms with Gasteiger partial charge in [0.05, 0.1) is 0 Å². The van der Waals surface area contributed by atoms with Crippen molar-refractivity contribution in [1.29, 1.82) is 0 Å². The number of nitrogens with one attached hydrogen (secondary N) is 2. The van der Waals surface area contributed by atoms with Crippen LogP contribution in [0, 0.1) is 11.6 Å². The van der Waals surface area contributed by atoms with Crippen molar-refractivity contribution in [3.05, 3.63) is 59.7 Å². The Morgan fingerprint density at radius 2 is 1.65 bits per heavy atom. The van der Waals surface area contributed by atoms with E-state index in [2.05, 4.69) is 24.5 Å². The van der Waals surface area contributed by atoms with Gasteiger partial charge in [0.2, 0.25) is 5.91 Å². The highest BCUT2D eigenvalue weighted by Crippen LogP contribution is 2.18. The molecule has 0 aliphatic carbocycles. The van der Waals surface area contributed by atoms with Gasteiger partial charge in [0.15, 0.2) is 0 Å². The summed E-state index contributed by atoms with van der Waals surface area (Å²) in [4.78, 5) is 11.9. The molecular formula is C18H20F2N2O. The summed E-state index contributed by atoms with van der Waals surface area (Å²) in [5.74, 6) is -1.13. The molecule has 23 heavy (non-hydrogen) atoms. The summed E-state index contributed by atoms with van der Waals surface area (Å²) in [5, 5.41) is 5.37. The van der Waals surface area contributed by atoms with Gasteiger partial charge in [-0.25, -0.2) is 8.78 Å². The number of halogens is 2. The number of rotatable bonds is 6. The van der Waals surface area contributed by atoms with Gasteiger partial charge < -0.3 is 10.6 Å². The van der Waals surface area contributed by atoms with Crippen molar-refractivity contribution in [2.75, 3.05) is 17.2 Å². The van der Waals surface area contributed by atoms with Crippen molar-refractivity contribution in [3.8, 4) is 0 Å². The number of benzene rings is 2. The van der Waals surface area contributed by atoms with Crippen LogP contribution in [0.5, 0.6) is 0 Å². The van der Waals surface area contributed by atoms with E-state index in [0.717, 1.165) is 0 Å². The molecule has 0 unspecified atom stereocenters. The number of carbonyl (C=O) groups excluding carboxylic acids is 1. The first-order chi connectivity index (χ1) is 11.0. The zero-order chi connectivity index (χ0) is 16.8. The van der Waals surface area contributed by atoms with E-state index < -0.39 is 11.6 Å². The van der Waals surface area contributed by atoms with Gasteiger partial charge in [0.1, 0.15) is 17.3 Å². The molecule has 2 aromatic carbocycles. The molecule has 0 spiro atoms. The van der Waals surface area contributed by atoms with Gasteiger partial charge in [-0.05, 0) is 35.7 Å². The summed E-state index contributed by atoms with van der Waals surface area (Å²) in [6, 6.07) is 11.3. The zero-order valence-electron chi connectivity index (χ0n) is 13.2. The Hall–Kier alpha value is -2.43. The molecule has 0 aromatic heterocycles. The van der Waals surface area contributed by atoms with Gasteiger partial charge >= 0.3 is 0 Å². The highest BCUT2D eigenvalue weighted by atomic mass is 19.1. The largest absolute Gasteiger partial charge is 0.380 e. The van der Waals surface area contributed by atoms with Crippen LogP contribution in [0.4, 0.5) is 20.2 Å². The van der Waals surface area contributed by atoms with Crippen molar-refractivity contribution < 1.29 is 13.6 Å². The minimum absolute atomic E-state index is 0.111. The van der Waals surface area contributed by atoms with E-state index in [4.69, 9.17) is 0 Å². The number of anilines is 2. The molecule has 0 saturated carbocycles. The van der Waals surface area contributed by atoms with Crippen LogP contribution in [0.25, 0.3) is 0 Å². The second kappa shape index (κ2) is 7.72. The Morgan fingerprint density at radius 3 is 2.22 bits per heavy atom. The molecule has 5 heteroatoms. The zero-order valence-corrected chi connectivity index (χ0v) is 13.2. The summed E-state index contributed by atoms with van der Waals surface area (Å²) in [6.07, 6.45) is 0.111. The molecule has 3 nitrogen and oxygen atoms in total. The maximum absolute atomic E-state index is 13.4. The van der Waals surface area contributed by atoms with Gasteiger partial charge in [0, 0.05) is 18.7 Å². The third kappa shape index (κ3) is 4.77.